The molecule has 3 rings (SSSR count). The van der Waals surface area contributed by atoms with E-state index in [1.54, 1.807) is 12.1 Å². The first-order chi connectivity index (χ1) is 9.16. The van der Waals surface area contributed by atoms with E-state index in [2.05, 4.69) is 4.74 Å². The van der Waals surface area contributed by atoms with E-state index in [0.717, 1.165) is 5.56 Å². The largest absolute Gasteiger partial charge is 0.415 e. The molecule has 0 amide bonds. The smallest absolute Gasteiger partial charge is 0.415 e. The lowest BCUT2D eigenvalue weighted by atomic mass is 10.2. The molecule has 0 N–H and O–H groups in total. The molecule has 98 valence electrons. The van der Waals surface area contributed by atoms with E-state index in [4.69, 9.17) is 31.9 Å². The molecule has 0 radical (unpaired) electrons. The summed E-state index contributed by atoms with van der Waals surface area (Å²) in [4.78, 5) is 0. The first kappa shape index (κ1) is 12.9. The quantitative estimate of drug-likeness (QED) is 0.411. The highest BCUT2D eigenvalue weighted by molar-refractivity contribution is 7.84. The van der Waals surface area contributed by atoms with E-state index >= 15 is 0 Å². The predicted octanol–water partition coefficient (Wildman–Crippen LogP) is 5.58. The van der Waals surface area contributed by atoms with Crippen molar-refractivity contribution in [1.29, 1.82) is 0 Å². The summed E-state index contributed by atoms with van der Waals surface area (Å²) in [5.41, 5.74) is 0.258. The van der Waals surface area contributed by atoms with Crippen molar-refractivity contribution in [2.24, 2.45) is 4.74 Å². The van der Waals surface area contributed by atoms with Crippen molar-refractivity contribution in [3.05, 3.63) is 60.2 Å². The lowest BCUT2D eigenvalue weighted by Gasteiger charge is -2.11. The molecule has 0 saturated carbocycles. The van der Waals surface area contributed by atoms with Gasteiger partial charge in [-0.2, -0.15) is 4.74 Å². The maximum atomic E-state index is 6.30. The molecule has 3 nitrogen and oxygen atoms in total. The van der Waals surface area contributed by atoms with E-state index in [0.29, 0.717) is 11.5 Å². The highest BCUT2D eigenvalue weighted by Crippen LogP contribution is 2.65. The number of benzene rings is 2. The minimum Gasteiger partial charge on any atom is -0.415 e. The molecule has 1 aliphatic rings. The van der Waals surface area contributed by atoms with Crippen LogP contribution in [-0.4, -0.2) is 0 Å². The molecular weight excluding hydrogens is 304 g/mol. The van der Waals surface area contributed by atoms with Crippen molar-refractivity contribution >= 4 is 29.7 Å². The predicted molar refractivity (Wildman–Crippen MR) is 77.9 cm³/mol. The Hall–Kier alpha value is -1.15. The van der Waals surface area contributed by atoms with Crippen LogP contribution in [0.1, 0.15) is 11.1 Å². The van der Waals surface area contributed by atoms with Gasteiger partial charge in [0.1, 0.15) is 0 Å². The number of nitrogens with zero attached hydrogens (tertiary/aromatic N) is 1. The first-order valence-electron chi connectivity index (χ1n) is 5.65. The van der Waals surface area contributed by atoms with Gasteiger partial charge in [0.15, 0.2) is 17.0 Å². The minimum absolute atomic E-state index is 0.596. The van der Waals surface area contributed by atoms with Gasteiger partial charge in [-0.1, -0.05) is 54.1 Å². The van der Waals surface area contributed by atoms with Crippen LogP contribution < -0.4 is 9.05 Å². The average molecular weight is 314 g/mol. The summed E-state index contributed by atoms with van der Waals surface area (Å²) < 4.78 is 15.5. The molecule has 1 atom stereocenters. The second-order valence-electron chi connectivity index (χ2n) is 3.94. The Morgan fingerprint density at radius 2 is 1.42 bits per heavy atom. The zero-order valence-electron chi connectivity index (χ0n) is 9.74. The van der Waals surface area contributed by atoms with Crippen LogP contribution in [0.15, 0.2) is 59.3 Å². The summed E-state index contributed by atoms with van der Waals surface area (Å²) >= 11 is 12.5. The molecule has 1 unspecified atom stereocenters. The Morgan fingerprint density at radius 1 is 0.895 bits per heavy atom. The van der Waals surface area contributed by atoms with E-state index in [1.165, 1.54) is 0 Å². The molecule has 0 saturated heterocycles. The number of alkyl halides is 1. The summed E-state index contributed by atoms with van der Waals surface area (Å²) in [6, 6.07) is 16.8. The van der Waals surface area contributed by atoms with Gasteiger partial charge in [-0.15, -0.1) is 0 Å². The van der Waals surface area contributed by atoms with Gasteiger partial charge < -0.3 is 9.05 Å². The van der Waals surface area contributed by atoms with Crippen LogP contribution in [0.3, 0.4) is 0 Å². The highest BCUT2D eigenvalue weighted by Gasteiger charge is 2.33. The van der Waals surface area contributed by atoms with Crippen LogP contribution in [0.25, 0.3) is 0 Å². The van der Waals surface area contributed by atoms with Gasteiger partial charge in [0.25, 0.3) is 0 Å². The molecule has 1 aliphatic heterocycles. The molecule has 0 fully saturated rings. The number of rotatable bonds is 2. The van der Waals surface area contributed by atoms with Crippen molar-refractivity contribution in [1.82, 2.24) is 0 Å². The molecule has 0 aromatic heterocycles. The molecule has 0 spiro atoms. The van der Waals surface area contributed by atoms with E-state index in [1.807, 2.05) is 42.5 Å². The van der Waals surface area contributed by atoms with Gasteiger partial charge in [0, 0.05) is 11.2 Å². The third kappa shape index (κ3) is 2.74. The molecule has 0 aliphatic carbocycles. The second-order valence-corrected chi connectivity index (χ2v) is 7.14. The zero-order chi connectivity index (χ0) is 13.3. The Balaban J connectivity index is 1.89. The normalized spacial score (nSPS) is 16.9. The maximum Gasteiger partial charge on any atom is 0.415 e. The van der Waals surface area contributed by atoms with Gasteiger partial charge >= 0.3 is 6.86 Å². The Labute approximate surface area is 121 Å². The Bertz CT molecular complexity index is 619. The monoisotopic (exact) mass is 313 g/mol. The van der Waals surface area contributed by atoms with Crippen molar-refractivity contribution < 1.29 is 9.05 Å². The average Bonchev–Trinajstić information content (AvgIpc) is 2.75. The van der Waals surface area contributed by atoms with Crippen LogP contribution in [-0.2, 0) is 0 Å². The third-order valence-electron chi connectivity index (χ3n) is 2.58. The second kappa shape index (κ2) is 5.09. The van der Waals surface area contributed by atoms with Crippen molar-refractivity contribution in [2.75, 3.05) is 0 Å². The maximum absolute atomic E-state index is 6.30. The molecule has 6 heteroatoms. The molecule has 2 aromatic carbocycles. The van der Waals surface area contributed by atoms with E-state index in [-0.39, 0.29) is 0 Å². The standard InChI is InChI=1S/C13H10Cl2NO2P/c14-13(10-6-2-1-3-7-10)16-19(15)17-11-8-4-5-9-12(11)18-19/h1-9,13H. The number of hydrogen-bond donors (Lipinski definition) is 0. The van der Waals surface area contributed by atoms with Gasteiger partial charge in [-0.3, -0.25) is 0 Å². The summed E-state index contributed by atoms with van der Waals surface area (Å²) in [5, 5.41) is 0. The third-order valence-corrected chi connectivity index (χ3v) is 5.10. The topological polar surface area (TPSA) is 30.8 Å². The fourth-order valence-electron chi connectivity index (χ4n) is 1.71. The minimum atomic E-state index is -2.86. The number of halogens is 2. The number of fused-ring (bicyclic) bond motifs is 1. The summed E-state index contributed by atoms with van der Waals surface area (Å²) in [6.07, 6.45) is 0. The summed E-state index contributed by atoms with van der Waals surface area (Å²) in [7, 11) is 0. The molecule has 19 heavy (non-hydrogen) atoms. The summed E-state index contributed by atoms with van der Waals surface area (Å²) in [6.45, 7) is -2.86. The van der Waals surface area contributed by atoms with Crippen molar-refractivity contribution in [2.45, 2.75) is 5.50 Å². The molecule has 0 bridgehead atoms. The van der Waals surface area contributed by atoms with Crippen LogP contribution >= 0.6 is 29.7 Å². The van der Waals surface area contributed by atoms with Gasteiger partial charge in [0.2, 0.25) is 0 Å². The zero-order valence-corrected chi connectivity index (χ0v) is 12.1. The van der Waals surface area contributed by atoms with Crippen molar-refractivity contribution in [3.63, 3.8) is 0 Å². The molecule has 2 aromatic rings. The Kier molecular flexibility index (Phi) is 3.44. The van der Waals surface area contributed by atoms with Crippen molar-refractivity contribution in [3.8, 4) is 11.5 Å². The Morgan fingerprint density at radius 3 is 2.00 bits per heavy atom. The first-order valence-corrected chi connectivity index (χ1v) is 8.56. The van der Waals surface area contributed by atoms with Gasteiger partial charge in [-0.05, 0) is 17.7 Å². The fourth-order valence-corrected chi connectivity index (χ4v) is 4.34. The summed E-state index contributed by atoms with van der Waals surface area (Å²) in [5.74, 6) is 1.21. The number of para-hydroxylation sites is 2. The lowest BCUT2D eigenvalue weighted by Crippen LogP contribution is -1.90. The SMILES string of the molecule is ClC(N=P1(Cl)Oc2ccccc2O1)c1ccccc1. The van der Waals surface area contributed by atoms with Crippen LogP contribution in [0.5, 0.6) is 11.5 Å². The van der Waals surface area contributed by atoms with Gasteiger partial charge in [0.05, 0.1) is 0 Å². The fraction of sp³-hybridized carbons (Fsp3) is 0.0769. The van der Waals surface area contributed by atoms with Crippen LogP contribution in [0.2, 0.25) is 0 Å². The van der Waals surface area contributed by atoms with E-state index in [9.17, 15) is 0 Å². The lowest BCUT2D eigenvalue weighted by molar-refractivity contribution is 0.573. The molecule has 1 heterocycles. The number of hydrogen-bond acceptors (Lipinski definition) is 3. The highest BCUT2D eigenvalue weighted by atomic mass is 35.7. The van der Waals surface area contributed by atoms with Crippen LogP contribution in [0.4, 0.5) is 0 Å². The van der Waals surface area contributed by atoms with E-state index < -0.39 is 12.4 Å². The van der Waals surface area contributed by atoms with Crippen LogP contribution in [0, 0.1) is 0 Å². The molecular formula is C13H10Cl2NO2P. The van der Waals surface area contributed by atoms with Gasteiger partial charge in [-0.25, -0.2) is 0 Å².